The van der Waals surface area contributed by atoms with Crippen LogP contribution in [0.4, 0.5) is 13.2 Å². The molecule has 1 saturated heterocycles. The zero-order chi connectivity index (χ0) is 36.3. The highest BCUT2D eigenvalue weighted by atomic mass is 19.4. The third-order valence-electron chi connectivity index (χ3n) is 9.61. The molecule has 2 saturated carbocycles. The van der Waals surface area contributed by atoms with E-state index in [-0.39, 0.29) is 30.0 Å². The van der Waals surface area contributed by atoms with E-state index in [0.717, 1.165) is 54.8 Å². The smallest absolute Gasteiger partial charge is 0.475 e. The summed E-state index contributed by atoms with van der Waals surface area (Å²) in [6, 6.07) is 4.00. The first kappa shape index (κ1) is 35.7. The average Bonchev–Trinajstić information content (AvgIpc) is 3.80. The molecule has 4 amide bonds. The van der Waals surface area contributed by atoms with Gasteiger partial charge in [0.25, 0.3) is 17.7 Å². The van der Waals surface area contributed by atoms with Gasteiger partial charge in [-0.05, 0) is 79.6 Å². The van der Waals surface area contributed by atoms with Crippen molar-refractivity contribution < 1.29 is 46.8 Å². The van der Waals surface area contributed by atoms with Crippen LogP contribution in [-0.4, -0.2) is 88.7 Å². The number of hydrogen-bond donors (Lipinski definition) is 3. The van der Waals surface area contributed by atoms with Crippen LogP contribution in [0.1, 0.15) is 132 Å². The highest BCUT2D eigenvalue weighted by Crippen LogP contribution is 2.36. The number of tetrazole rings is 1. The summed E-state index contributed by atoms with van der Waals surface area (Å²) >= 11 is 0. The van der Waals surface area contributed by atoms with E-state index in [1.165, 1.54) is 12.8 Å². The van der Waals surface area contributed by atoms with Gasteiger partial charge < -0.3 is 9.63 Å². The predicted octanol–water partition coefficient (Wildman–Crippen LogP) is 3.18. The second-order valence-corrected chi connectivity index (χ2v) is 13.0. The van der Waals surface area contributed by atoms with Crippen molar-refractivity contribution in [2.24, 2.45) is 0 Å². The minimum Gasteiger partial charge on any atom is -0.475 e. The Morgan fingerprint density at radius 3 is 2.41 bits per heavy atom. The quantitative estimate of drug-likeness (QED) is 0.203. The molecule has 272 valence electrons. The fourth-order valence-electron chi connectivity index (χ4n) is 6.67. The number of benzene rings is 1. The van der Waals surface area contributed by atoms with Crippen molar-refractivity contribution in [1.29, 1.82) is 0 Å². The van der Waals surface area contributed by atoms with Gasteiger partial charge in [0, 0.05) is 12.3 Å². The number of carboxylic acid groups (broad SMARTS) is 1. The number of rotatable bonds is 10. The van der Waals surface area contributed by atoms with E-state index >= 15 is 0 Å². The number of carbonyl (C=O) groups excluding carboxylic acids is 4. The van der Waals surface area contributed by atoms with Crippen LogP contribution in [0.25, 0.3) is 0 Å². The number of carbonyl (C=O) groups is 5. The van der Waals surface area contributed by atoms with Gasteiger partial charge in [0.15, 0.2) is 11.6 Å². The fourth-order valence-corrected chi connectivity index (χ4v) is 6.67. The number of hydrogen-bond acceptors (Lipinski definition) is 12. The lowest BCUT2D eigenvalue weighted by molar-refractivity contribution is -0.192. The molecule has 3 aromatic rings. The number of halogens is 3. The number of aromatic nitrogens is 6. The van der Waals surface area contributed by atoms with E-state index in [2.05, 4.69) is 31.3 Å². The summed E-state index contributed by atoms with van der Waals surface area (Å²) in [4.78, 5) is 64.8. The molecule has 3 N–H and O–H groups in total. The van der Waals surface area contributed by atoms with E-state index in [1.807, 2.05) is 10.7 Å². The molecule has 16 nitrogen and oxygen atoms in total. The summed E-state index contributed by atoms with van der Waals surface area (Å²) in [6.07, 6.45) is 5.36. The zero-order valence-electron chi connectivity index (χ0n) is 27.4. The highest BCUT2D eigenvalue weighted by Gasteiger charge is 2.44. The topological polar surface area (TPSA) is 215 Å². The molecule has 2 aliphatic carbocycles. The molecule has 2 atom stereocenters. The van der Waals surface area contributed by atoms with Gasteiger partial charge in [-0.1, -0.05) is 36.9 Å². The molecule has 19 heteroatoms. The number of nitrogens with zero attached hydrogens (tertiary/aromatic N) is 7. The number of piperidine rings is 1. The van der Waals surface area contributed by atoms with Crippen molar-refractivity contribution in [2.45, 2.75) is 107 Å². The van der Waals surface area contributed by atoms with Crippen molar-refractivity contribution in [1.82, 2.24) is 45.9 Å². The number of amides is 4. The summed E-state index contributed by atoms with van der Waals surface area (Å²) in [5, 5.41) is 29.9. The third-order valence-corrected chi connectivity index (χ3v) is 9.61. The van der Waals surface area contributed by atoms with Crippen molar-refractivity contribution in [3.63, 3.8) is 0 Å². The molecular formula is C32H36F3N9O7. The average molecular weight is 716 g/mol. The van der Waals surface area contributed by atoms with Crippen LogP contribution >= 0.6 is 0 Å². The van der Waals surface area contributed by atoms with E-state index in [9.17, 15) is 32.3 Å². The predicted molar refractivity (Wildman–Crippen MR) is 166 cm³/mol. The Morgan fingerprint density at radius 1 is 1.02 bits per heavy atom. The minimum atomic E-state index is -5.08. The second-order valence-electron chi connectivity index (χ2n) is 13.0. The molecule has 51 heavy (non-hydrogen) atoms. The van der Waals surface area contributed by atoms with Crippen LogP contribution in [0.5, 0.6) is 0 Å². The first-order valence-corrected chi connectivity index (χ1v) is 16.9. The Kier molecular flexibility index (Phi) is 10.5. The summed E-state index contributed by atoms with van der Waals surface area (Å²) < 4.78 is 39.4. The second kappa shape index (κ2) is 15.0. The Hall–Kier alpha value is -5.07. The van der Waals surface area contributed by atoms with Gasteiger partial charge in [-0.25, -0.2) is 9.48 Å². The maximum atomic E-state index is 13.2. The van der Waals surface area contributed by atoms with Gasteiger partial charge in [0.1, 0.15) is 12.1 Å². The summed E-state index contributed by atoms with van der Waals surface area (Å²) in [6.45, 7) is 0.579. The first-order chi connectivity index (χ1) is 24.4. The number of nitrogens with one attached hydrogen (secondary N) is 2. The lowest BCUT2D eigenvalue weighted by atomic mass is 9.85. The molecule has 0 spiro atoms. The zero-order valence-corrected chi connectivity index (χ0v) is 27.4. The summed E-state index contributed by atoms with van der Waals surface area (Å²) in [5.74, 6) is -2.60. The maximum Gasteiger partial charge on any atom is 0.490 e. The lowest BCUT2D eigenvalue weighted by Crippen LogP contribution is -2.54. The number of fused-ring (bicyclic) bond motifs is 1. The largest absolute Gasteiger partial charge is 0.490 e. The SMILES string of the molecule is O=C(O)C(F)(F)F.O=C1CCC(N2C(=O)c3ccc(CCCNC(c4nc(C5CCC5)no4)c4nnnn4C4CCCCC4)cc3C2=O)C(=O)N1. The van der Waals surface area contributed by atoms with Gasteiger partial charge in [0.2, 0.25) is 11.8 Å². The monoisotopic (exact) mass is 715 g/mol. The van der Waals surface area contributed by atoms with Crippen LogP contribution < -0.4 is 10.6 Å². The molecule has 7 rings (SSSR count). The number of carboxylic acids is 1. The first-order valence-electron chi connectivity index (χ1n) is 16.9. The third kappa shape index (κ3) is 7.82. The van der Waals surface area contributed by atoms with Crippen molar-refractivity contribution >= 4 is 29.6 Å². The molecule has 0 radical (unpaired) electrons. The number of alkyl halides is 3. The van der Waals surface area contributed by atoms with Crippen molar-refractivity contribution in [2.75, 3.05) is 6.54 Å². The molecule has 2 unspecified atom stereocenters. The van der Waals surface area contributed by atoms with Gasteiger partial charge in [-0.3, -0.25) is 34.7 Å². The van der Waals surface area contributed by atoms with Crippen molar-refractivity contribution in [3.05, 3.63) is 52.4 Å². The van der Waals surface area contributed by atoms with Crippen LogP contribution in [0.3, 0.4) is 0 Å². The number of aliphatic carboxylic acids is 1. The van der Waals surface area contributed by atoms with E-state index in [0.29, 0.717) is 37.0 Å². The minimum absolute atomic E-state index is 0.0849. The van der Waals surface area contributed by atoms with Gasteiger partial charge in [0.05, 0.1) is 17.2 Å². The number of aryl methyl sites for hydroxylation is 1. The van der Waals surface area contributed by atoms with Gasteiger partial charge >= 0.3 is 12.1 Å². The fraction of sp³-hybridized carbons (Fsp3) is 0.562. The molecule has 2 aromatic heterocycles. The molecule has 3 fully saturated rings. The van der Waals surface area contributed by atoms with Crippen LogP contribution in [-0.2, 0) is 20.8 Å². The number of imide groups is 2. The van der Waals surface area contributed by atoms with Gasteiger partial charge in [-0.15, -0.1) is 5.10 Å². The lowest BCUT2D eigenvalue weighted by Gasteiger charge is -2.27. The van der Waals surface area contributed by atoms with Crippen LogP contribution in [0, 0.1) is 0 Å². The van der Waals surface area contributed by atoms with E-state index in [1.54, 1.807) is 12.1 Å². The normalized spacial score (nSPS) is 20.4. The molecule has 4 heterocycles. The van der Waals surface area contributed by atoms with Crippen molar-refractivity contribution in [3.8, 4) is 0 Å². The maximum absolute atomic E-state index is 13.2. The molecule has 4 aliphatic rings. The molecular weight excluding hydrogens is 679 g/mol. The Morgan fingerprint density at radius 2 is 1.75 bits per heavy atom. The molecule has 1 aromatic carbocycles. The summed E-state index contributed by atoms with van der Waals surface area (Å²) in [7, 11) is 0. The van der Waals surface area contributed by atoms with E-state index < -0.39 is 47.9 Å². The van der Waals surface area contributed by atoms with Gasteiger partial charge in [-0.2, -0.15) is 18.2 Å². The van der Waals surface area contributed by atoms with Crippen LogP contribution in [0.2, 0.25) is 0 Å². The highest BCUT2D eigenvalue weighted by molar-refractivity contribution is 6.23. The van der Waals surface area contributed by atoms with Crippen LogP contribution in [0.15, 0.2) is 22.7 Å². The van der Waals surface area contributed by atoms with E-state index in [4.69, 9.17) is 19.4 Å². The Balaban J connectivity index is 0.000000582. The molecule has 0 bridgehead atoms. The Labute approximate surface area is 288 Å². The summed E-state index contributed by atoms with van der Waals surface area (Å²) in [5.41, 5.74) is 1.45. The molecule has 2 aliphatic heterocycles. The Bertz CT molecular complexity index is 1800. The standard InChI is InChI=1S/C30H35N9O5.C2HF3O2/c40-23-14-13-22(27(41)32-23)38-29(42)20-12-11-17(16-21(20)30(38)43)6-5-15-31-24(28-33-25(35-44-28)18-7-4-8-18)26-34-36-37-39(26)19-9-2-1-3-10-19;3-2(4,5)1(6)7/h11-12,16,18-19,22,24,31H,1-10,13-15H2,(H,32,40,41);(H,6,7).